The van der Waals surface area contributed by atoms with Crippen molar-refractivity contribution in [3.05, 3.63) is 33.9 Å². The van der Waals surface area contributed by atoms with Crippen molar-refractivity contribution in [3.63, 3.8) is 0 Å². The summed E-state index contributed by atoms with van der Waals surface area (Å²) in [6, 6.07) is 6.56. The monoisotopic (exact) mass is 319 g/mol. The van der Waals surface area contributed by atoms with E-state index in [9.17, 15) is 0 Å². The third kappa shape index (κ3) is 1.77. The van der Waals surface area contributed by atoms with Gasteiger partial charge in [0, 0.05) is 27.6 Å². The van der Waals surface area contributed by atoms with Gasteiger partial charge in [0.1, 0.15) is 0 Å². The molecule has 0 atom stereocenters. The van der Waals surface area contributed by atoms with Crippen LogP contribution in [0.4, 0.5) is 0 Å². The molecule has 4 rings (SSSR count). The molecule has 2 aliphatic rings. The van der Waals surface area contributed by atoms with Crippen molar-refractivity contribution in [3.8, 4) is 0 Å². The second-order valence-electron chi connectivity index (χ2n) is 5.68. The van der Waals surface area contributed by atoms with Crippen LogP contribution in [0.25, 0.3) is 10.9 Å². The van der Waals surface area contributed by atoms with Gasteiger partial charge in [-0.1, -0.05) is 15.9 Å². The molecular weight excluding hydrogens is 302 g/mol. The van der Waals surface area contributed by atoms with E-state index in [1.54, 1.807) is 0 Å². The maximum Gasteiger partial charge on any atom is 0.0614 e. The van der Waals surface area contributed by atoms with Crippen molar-refractivity contribution in [2.75, 3.05) is 19.6 Å². The summed E-state index contributed by atoms with van der Waals surface area (Å²) in [4.78, 5) is 3.69. The number of benzene rings is 1. The first kappa shape index (κ1) is 11.9. The van der Waals surface area contributed by atoms with E-state index >= 15 is 0 Å². The molecule has 100 valence electrons. The molecule has 0 unspecified atom stereocenters. The van der Waals surface area contributed by atoms with E-state index in [2.05, 4.69) is 49.7 Å². The van der Waals surface area contributed by atoms with Crippen LogP contribution in [0, 0.1) is 0 Å². The lowest BCUT2D eigenvalue weighted by molar-refractivity contribution is 0.230. The summed E-state index contributed by atoms with van der Waals surface area (Å²) in [5, 5.41) is 8.64. The highest BCUT2D eigenvalue weighted by Gasteiger charge is 2.39. The number of piperidine rings is 1. The lowest BCUT2D eigenvalue weighted by Crippen LogP contribution is -2.53. The second-order valence-corrected chi connectivity index (χ2v) is 6.59. The maximum absolute atomic E-state index is 3.78. The highest BCUT2D eigenvalue weighted by atomic mass is 79.9. The molecule has 1 fully saturated rings. The van der Waals surface area contributed by atoms with E-state index in [0.717, 1.165) is 26.1 Å². The minimum Gasteiger partial charge on any atom is -0.357 e. The number of hydrogen-bond acceptors (Lipinski definition) is 2. The average molecular weight is 320 g/mol. The van der Waals surface area contributed by atoms with Crippen LogP contribution in [0.15, 0.2) is 22.7 Å². The number of nitrogens with one attached hydrogen (secondary N) is 3. The Hall–Kier alpha value is -0.840. The predicted molar refractivity (Wildman–Crippen MR) is 81.5 cm³/mol. The van der Waals surface area contributed by atoms with Crippen LogP contribution in [0.5, 0.6) is 0 Å². The van der Waals surface area contributed by atoms with Crippen molar-refractivity contribution < 1.29 is 0 Å². The first-order valence-electron chi connectivity index (χ1n) is 7.05. The molecule has 1 aromatic heterocycles. The van der Waals surface area contributed by atoms with Gasteiger partial charge >= 0.3 is 0 Å². The molecule has 19 heavy (non-hydrogen) atoms. The maximum atomic E-state index is 3.78. The molecule has 0 aliphatic carbocycles. The molecule has 2 aromatic rings. The van der Waals surface area contributed by atoms with E-state index in [1.807, 2.05) is 0 Å². The summed E-state index contributed by atoms with van der Waals surface area (Å²) in [6.45, 7) is 3.30. The van der Waals surface area contributed by atoms with Crippen molar-refractivity contribution in [2.45, 2.75) is 24.8 Å². The average Bonchev–Trinajstić information content (AvgIpc) is 2.80. The molecule has 3 heterocycles. The third-order valence-electron chi connectivity index (χ3n) is 4.64. The molecule has 1 aromatic carbocycles. The number of aromatic nitrogens is 1. The quantitative estimate of drug-likeness (QED) is 0.698. The summed E-state index contributed by atoms with van der Waals surface area (Å²) < 4.78 is 1.17. The number of fused-ring (bicyclic) bond motifs is 4. The van der Waals surface area contributed by atoms with E-state index < -0.39 is 0 Å². The number of rotatable bonds is 0. The molecular formula is C15H18BrN3. The fraction of sp³-hybridized carbons (Fsp3) is 0.467. The molecule has 2 aliphatic heterocycles. The molecule has 3 N–H and O–H groups in total. The summed E-state index contributed by atoms with van der Waals surface area (Å²) in [7, 11) is 0. The van der Waals surface area contributed by atoms with Crippen molar-refractivity contribution in [2.24, 2.45) is 0 Å². The third-order valence-corrected chi connectivity index (χ3v) is 5.14. The Morgan fingerprint density at radius 1 is 1.11 bits per heavy atom. The lowest BCUT2D eigenvalue weighted by atomic mass is 9.80. The van der Waals surface area contributed by atoms with Gasteiger partial charge in [0.05, 0.1) is 5.54 Å². The van der Waals surface area contributed by atoms with Crippen molar-refractivity contribution in [1.82, 2.24) is 15.6 Å². The Morgan fingerprint density at radius 2 is 1.95 bits per heavy atom. The van der Waals surface area contributed by atoms with Crippen LogP contribution in [0.2, 0.25) is 0 Å². The highest BCUT2D eigenvalue weighted by molar-refractivity contribution is 9.10. The molecule has 0 saturated carbocycles. The summed E-state index contributed by atoms with van der Waals surface area (Å²) in [5.41, 5.74) is 4.41. The SMILES string of the molecule is Brc1ccc2[nH]c3c(c2c1)CCNC31CCNCC1. The number of aromatic amines is 1. The van der Waals surface area contributed by atoms with Crippen LogP contribution < -0.4 is 10.6 Å². The van der Waals surface area contributed by atoms with Gasteiger partial charge in [0.15, 0.2) is 0 Å². The molecule has 1 saturated heterocycles. The van der Waals surface area contributed by atoms with Gasteiger partial charge in [-0.25, -0.2) is 0 Å². The number of halogens is 1. The Morgan fingerprint density at radius 3 is 2.79 bits per heavy atom. The molecule has 1 spiro atoms. The van der Waals surface area contributed by atoms with Gasteiger partial charge in [-0.3, -0.25) is 0 Å². The topological polar surface area (TPSA) is 39.9 Å². The van der Waals surface area contributed by atoms with Crippen LogP contribution in [-0.4, -0.2) is 24.6 Å². The fourth-order valence-electron chi connectivity index (χ4n) is 3.68. The van der Waals surface area contributed by atoms with E-state index in [0.29, 0.717) is 0 Å². The lowest BCUT2D eigenvalue weighted by Gasteiger charge is -2.41. The highest BCUT2D eigenvalue weighted by Crippen LogP contribution is 2.39. The first-order chi connectivity index (χ1) is 9.28. The summed E-state index contributed by atoms with van der Waals surface area (Å²) in [6.07, 6.45) is 3.48. The minimum atomic E-state index is 0.171. The zero-order valence-corrected chi connectivity index (χ0v) is 12.4. The summed E-state index contributed by atoms with van der Waals surface area (Å²) in [5.74, 6) is 0. The largest absolute Gasteiger partial charge is 0.357 e. The smallest absolute Gasteiger partial charge is 0.0614 e. The van der Waals surface area contributed by atoms with Crippen molar-refractivity contribution >= 4 is 26.8 Å². The van der Waals surface area contributed by atoms with E-state index in [-0.39, 0.29) is 5.54 Å². The summed E-state index contributed by atoms with van der Waals surface area (Å²) >= 11 is 3.59. The van der Waals surface area contributed by atoms with Gasteiger partial charge in [0.25, 0.3) is 0 Å². The van der Waals surface area contributed by atoms with Crippen LogP contribution in [0.1, 0.15) is 24.1 Å². The van der Waals surface area contributed by atoms with Gasteiger partial charge in [-0.05, 0) is 56.1 Å². The molecule has 0 bridgehead atoms. The first-order valence-corrected chi connectivity index (χ1v) is 7.84. The Balaban J connectivity index is 1.93. The van der Waals surface area contributed by atoms with Gasteiger partial charge in [-0.15, -0.1) is 0 Å². The molecule has 0 amide bonds. The standard InChI is InChI=1S/C15H18BrN3/c16-10-1-2-13-12(9-10)11-3-6-18-15(14(11)19-13)4-7-17-8-5-15/h1-2,9,17-19H,3-8H2. The second kappa shape index (κ2) is 4.33. The Labute approximate surface area is 121 Å². The normalized spacial score (nSPS) is 21.7. The van der Waals surface area contributed by atoms with E-state index in [4.69, 9.17) is 0 Å². The van der Waals surface area contributed by atoms with Gasteiger partial charge in [-0.2, -0.15) is 0 Å². The molecule has 3 nitrogen and oxygen atoms in total. The molecule has 4 heteroatoms. The van der Waals surface area contributed by atoms with Crippen LogP contribution in [-0.2, 0) is 12.0 Å². The minimum absolute atomic E-state index is 0.171. The van der Waals surface area contributed by atoms with Gasteiger partial charge in [0.2, 0.25) is 0 Å². The van der Waals surface area contributed by atoms with E-state index in [1.165, 1.54) is 39.5 Å². The Kier molecular flexibility index (Phi) is 2.72. The zero-order chi connectivity index (χ0) is 12.9. The van der Waals surface area contributed by atoms with Gasteiger partial charge < -0.3 is 15.6 Å². The molecule has 0 radical (unpaired) electrons. The van der Waals surface area contributed by atoms with Crippen LogP contribution in [0.3, 0.4) is 0 Å². The zero-order valence-electron chi connectivity index (χ0n) is 10.9. The van der Waals surface area contributed by atoms with Crippen molar-refractivity contribution in [1.29, 1.82) is 0 Å². The predicted octanol–water partition coefficient (Wildman–Crippen LogP) is 2.65. The number of hydrogen-bond donors (Lipinski definition) is 3. The number of H-pyrrole nitrogens is 1. The van der Waals surface area contributed by atoms with Crippen LogP contribution >= 0.6 is 15.9 Å². The Bertz CT molecular complexity index is 626. The fourth-order valence-corrected chi connectivity index (χ4v) is 4.04.